The molecule has 1 fully saturated rings. The van der Waals surface area contributed by atoms with Crippen molar-refractivity contribution in [2.24, 2.45) is 5.92 Å². The predicted molar refractivity (Wildman–Crippen MR) is 122 cm³/mol. The summed E-state index contributed by atoms with van der Waals surface area (Å²) in [6.07, 6.45) is -0.385. The molecule has 1 aliphatic rings. The van der Waals surface area contributed by atoms with Crippen LogP contribution in [-0.2, 0) is 14.8 Å². The van der Waals surface area contributed by atoms with Gasteiger partial charge in [-0.15, -0.1) is 0 Å². The van der Waals surface area contributed by atoms with Gasteiger partial charge in [0.1, 0.15) is 0 Å². The lowest BCUT2D eigenvalue weighted by Gasteiger charge is -2.34. The van der Waals surface area contributed by atoms with Gasteiger partial charge in [0.2, 0.25) is 0 Å². The van der Waals surface area contributed by atoms with Crippen molar-refractivity contribution in [1.82, 2.24) is 9.80 Å². The Morgan fingerprint density at radius 3 is 2.34 bits per heavy atom. The molecule has 10 heteroatoms. The van der Waals surface area contributed by atoms with Gasteiger partial charge in [0.05, 0.1) is 22.2 Å². The fourth-order valence-electron chi connectivity index (χ4n) is 3.15. The van der Waals surface area contributed by atoms with Gasteiger partial charge in [-0.25, -0.2) is 13.2 Å². The van der Waals surface area contributed by atoms with Crippen molar-refractivity contribution in [1.29, 1.82) is 0 Å². The molecule has 3 rings (SSSR count). The Morgan fingerprint density at radius 1 is 1.03 bits per heavy atom. The first-order valence-corrected chi connectivity index (χ1v) is 12.1. The number of hydrogen-bond donors (Lipinski definition) is 1. The van der Waals surface area contributed by atoms with E-state index in [1.807, 2.05) is 13.8 Å². The van der Waals surface area contributed by atoms with Gasteiger partial charge >= 0.3 is 6.09 Å². The first kappa shape index (κ1) is 23.9. The average molecular weight is 480 g/mol. The van der Waals surface area contributed by atoms with Crippen LogP contribution in [-0.4, -0.2) is 63.0 Å². The average Bonchev–Trinajstić information content (AvgIpc) is 2.78. The van der Waals surface area contributed by atoms with Crippen LogP contribution in [0.1, 0.15) is 24.2 Å². The van der Waals surface area contributed by atoms with Crippen LogP contribution < -0.4 is 4.72 Å². The molecule has 1 N–H and O–H groups in total. The third-order valence-electron chi connectivity index (χ3n) is 4.87. The van der Waals surface area contributed by atoms with E-state index in [2.05, 4.69) is 4.72 Å². The maximum absolute atomic E-state index is 12.9. The molecular weight excluding hydrogens is 454 g/mol. The highest BCUT2D eigenvalue weighted by molar-refractivity contribution is 7.92. The molecular formula is C22H26ClN3O5S. The number of rotatable bonds is 6. The maximum atomic E-state index is 12.9. The summed E-state index contributed by atoms with van der Waals surface area (Å²) in [7, 11) is -3.93. The number of ether oxygens (including phenoxy) is 1. The Hall–Kier alpha value is -2.78. The Balaban J connectivity index is 1.66. The molecule has 0 radical (unpaired) electrons. The standard InChI is InChI=1S/C22H26ClN3O5S/c1-16(2)15-31-22(28)26-12-10-25(11-13-26)21(27)17-6-5-7-18(14-17)32(29,30)24-20-9-4-3-8-19(20)23/h3-9,14,16,24H,10-13,15H2,1-2H3. The van der Waals surface area contributed by atoms with Gasteiger partial charge < -0.3 is 14.5 Å². The number of sulfonamides is 1. The summed E-state index contributed by atoms with van der Waals surface area (Å²) in [5.74, 6) is -0.0484. The number of nitrogens with one attached hydrogen (secondary N) is 1. The lowest BCUT2D eigenvalue weighted by molar-refractivity contribution is 0.0535. The lowest BCUT2D eigenvalue weighted by atomic mass is 10.2. The molecule has 0 aliphatic carbocycles. The molecule has 2 amide bonds. The molecule has 1 aliphatic heterocycles. The van der Waals surface area contributed by atoms with E-state index < -0.39 is 10.0 Å². The zero-order valence-corrected chi connectivity index (χ0v) is 19.5. The van der Waals surface area contributed by atoms with Crippen LogP contribution in [0.5, 0.6) is 0 Å². The van der Waals surface area contributed by atoms with Gasteiger partial charge in [-0.05, 0) is 36.2 Å². The number of carbonyl (C=O) groups is 2. The number of nitrogens with zero attached hydrogens (tertiary/aromatic N) is 2. The minimum atomic E-state index is -3.93. The normalized spacial score (nSPS) is 14.4. The fraction of sp³-hybridized carbons (Fsp3) is 0.364. The molecule has 0 unspecified atom stereocenters. The van der Waals surface area contributed by atoms with E-state index in [9.17, 15) is 18.0 Å². The Morgan fingerprint density at radius 2 is 1.69 bits per heavy atom. The fourth-order valence-corrected chi connectivity index (χ4v) is 4.51. The van der Waals surface area contributed by atoms with Crippen molar-refractivity contribution in [3.05, 3.63) is 59.1 Å². The van der Waals surface area contributed by atoms with Crippen molar-refractivity contribution < 1.29 is 22.7 Å². The summed E-state index contributed by atoms with van der Waals surface area (Å²) in [5, 5.41) is 0.271. The molecule has 1 heterocycles. The van der Waals surface area contributed by atoms with E-state index in [4.69, 9.17) is 16.3 Å². The van der Waals surface area contributed by atoms with Crippen molar-refractivity contribution in [3.8, 4) is 0 Å². The number of anilines is 1. The largest absolute Gasteiger partial charge is 0.449 e. The van der Waals surface area contributed by atoms with Crippen LogP contribution in [0.4, 0.5) is 10.5 Å². The van der Waals surface area contributed by atoms with Crippen LogP contribution in [0.2, 0.25) is 5.02 Å². The minimum absolute atomic E-state index is 0.0424. The highest BCUT2D eigenvalue weighted by atomic mass is 35.5. The number of hydrogen-bond acceptors (Lipinski definition) is 5. The van der Waals surface area contributed by atoms with Gasteiger partial charge in [0.15, 0.2) is 0 Å². The number of halogens is 1. The molecule has 0 atom stereocenters. The highest BCUT2D eigenvalue weighted by Crippen LogP contribution is 2.24. The topological polar surface area (TPSA) is 96.0 Å². The second kappa shape index (κ2) is 10.2. The maximum Gasteiger partial charge on any atom is 0.409 e. The van der Waals surface area contributed by atoms with Crippen LogP contribution in [0.25, 0.3) is 0 Å². The molecule has 0 spiro atoms. The summed E-state index contributed by atoms with van der Waals surface area (Å²) < 4.78 is 33.2. The molecule has 172 valence electrons. The molecule has 32 heavy (non-hydrogen) atoms. The Bertz CT molecular complexity index is 1080. The number of amides is 2. The quantitative estimate of drug-likeness (QED) is 0.681. The van der Waals surface area contributed by atoms with Crippen molar-refractivity contribution in [2.45, 2.75) is 18.7 Å². The molecule has 2 aromatic carbocycles. The van der Waals surface area contributed by atoms with Crippen LogP contribution in [0.3, 0.4) is 0 Å². The molecule has 2 aromatic rings. The first-order chi connectivity index (χ1) is 15.2. The summed E-state index contributed by atoms with van der Waals surface area (Å²) >= 11 is 6.05. The van der Waals surface area contributed by atoms with Crippen LogP contribution in [0, 0.1) is 5.92 Å². The molecule has 0 bridgehead atoms. The minimum Gasteiger partial charge on any atom is -0.449 e. The molecule has 0 aromatic heterocycles. The third-order valence-corrected chi connectivity index (χ3v) is 6.57. The third kappa shape index (κ3) is 5.92. The zero-order chi connectivity index (χ0) is 23.3. The van der Waals surface area contributed by atoms with Crippen molar-refractivity contribution in [3.63, 3.8) is 0 Å². The SMILES string of the molecule is CC(C)COC(=O)N1CCN(C(=O)c2cccc(S(=O)(=O)Nc3ccccc3Cl)c2)CC1. The zero-order valence-electron chi connectivity index (χ0n) is 18.0. The van der Waals surface area contributed by atoms with Gasteiger partial charge in [-0.1, -0.05) is 43.6 Å². The van der Waals surface area contributed by atoms with Gasteiger partial charge in [0.25, 0.3) is 15.9 Å². The Labute approximate surface area is 193 Å². The summed E-state index contributed by atoms with van der Waals surface area (Å²) in [6, 6.07) is 12.3. The summed E-state index contributed by atoms with van der Waals surface area (Å²) in [4.78, 5) is 28.2. The second-order valence-electron chi connectivity index (χ2n) is 7.86. The summed E-state index contributed by atoms with van der Waals surface area (Å²) in [6.45, 7) is 5.66. The van der Waals surface area contributed by atoms with E-state index in [-0.39, 0.29) is 39.1 Å². The lowest BCUT2D eigenvalue weighted by Crippen LogP contribution is -2.50. The van der Waals surface area contributed by atoms with E-state index in [0.29, 0.717) is 32.8 Å². The van der Waals surface area contributed by atoms with Crippen LogP contribution >= 0.6 is 11.6 Å². The second-order valence-corrected chi connectivity index (χ2v) is 9.95. The number of piperazine rings is 1. The molecule has 8 nitrogen and oxygen atoms in total. The molecule has 0 saturated carbocycles. The highest BCUT2D eigenvalue weighted by Gasteiger charge is 2.26. The van der Waals surface area contributed by atoms with E-state index in [1.54, 1.807) is 40.1 Å². The number of para-hydroxylation sites is 1. The smallest absolute Gasteiger partial charge is 0.409 e. The molecule has 1 saturated heterocycles. The summed E-state index contributed by atoms with van der Waals surface area (Å²) in [5.41, 5.74) is 0.509. The predicted octanol–water partition coefficient (Wildman–Crippen LogP) is 3.69. The van der Waals surface area contributed by atoms with E-state index in [0.717, 1.165) is 0 Å². The number of benzene rings is 2. The van der Waals surface area contributed by atoms with Crippen LogP contribution in [0.15, 0.2) is 53.4 Å². The van der Waals surface area contributed by atoms with E-state index >= 15 is 0 Å². The van der Waals surface area contributed by atoms with E-state index in [1.165, 1.54) is 18.2 Å². The Kier molecular flexibility index (Phi) is 7.63. The van der Waals surface area contributed by atoms with Gasteiger partial charge in [-0.3, -0.25) is 9.52 Å². The van der Waals surface area contributed by atoms with Crippen molar-refractivity contribution in [2.75, 3.05) is 37.5 Å². The van der Waals surface area contributed by atoms with Crippen molar-refractivity contribution >= 4 is 39.3 Å². The van der Waals surface area contributed by atoms with Gasteiger partial charge in [0, 0.05) is 31.7 Å². The first-order valence-electron chi connectivity index (χ1n) is 10.3. The number of carbonyl (C=O) groups excluding carboxylic acids is 2. The van der Waals surface area contributed by atoms with Gasteiger partial charge in [-0.2, -0.15) is 0 Å². The monoisotopic (exact) mass is 479 g/mol.